The third-order valence-corrected chi connectivity index (χ3v) is 4.19. The van der Waals surface area contributed by atoms with E-state index >= 15 is 0 Å². The van der Waals surface area contributed by atoms with Crippen LogP contribution < -0.4 is 10.2 Å². The predicted molar refractivity (Wildman–Crippen MR) is 87.5 cm³/mol. The molecule has 0 fully saturated rings. The van der Waals surface area contributed by atoms with Gasteiger partial charge in [0.15, 0.2) is 5.13 Å². The fourth-order valence-corrected chi connectivity index (χ4v) is 3.15. The molecule has 0 spiro atoms. The maximum Gasteiger partial charge on any atom is 0.185 e. The largest absolute Gasteiger partial charge is 0.378 e. The molecule has 0 bridgehead atoms. The van der Waals surface area contributed by atoms with Crippen LogP contribution in [0.3, 0.4) is 0 Å². The number of nitrogens with one attached hydrogen (secondary N) is 1. The Morgan fingerprint density at radius 3 is 2.65 bits per heavy atom. The van der Waals surface area contributed by atoms with Gasteiger partial charge in [-0.05, 0) is 25.8 Å². The Labute approximate surface area is 127 Å². The van der Waals surface area contributed by atoms with Crippen LogP contribution in [-0.2, 0) is 17.9 Å². The molecule has 20 heavy (non-hydrogen) atoms. The molecule has 1 heterocycles. The summed E-state index contributed by atoms with van der Waals surface area (Å²) in [6.45, 7) is 13.4. The second-order valence-electron chi connectivity index (χ2n) is 5.40. The Morgan fingerprint density at radius 1 is 1.35 bits per heavy atom. The van der Waals surface area contributed by atoms with E-state index in [9.17, 15) is 0 Å². The zero-order valence-electron chi connectivity index (χ0n) is 13.5. The topological polar surface area (TPSA) is 37.4 Å². The third kappa shape index (κ3) is 5.38. The Bertz CT molecular complexity index is 379. The van der Waals surface area contributed by atoms with Gasteiger partial charge in [-0.25, -0.2) is 4.98 Å². The van der Waals surface area contributed by atoms with Crippen molar-refractivity contribution in [3.63, 3.8) is 0 Å². The van der Waals surface area contributed by atoms with Crippen molar-refractivity contribution in [1.29, 1.82) is 0 Å². The molecule has 0 aromatic carbocycles. The van der Waals surface area contributed by atoms with E-state index in [2.05, 4.69) is 37.9 Å². The van der Waals surface area contributed by atoms with Gasteiger partial charge in [-0.15, -0.1) is 11.3 Å². The van der Waals surface area contributed by atoms with Crippen molar-refractivity contribution in [3.05, 3.63) is 10.6 Å². The van der Waals surface area contributed by atoms with Crippen molar-refractivity contribution >= 4 is 16.5 Å². The zero-order chi connectivity index (χ0) is 15.0. The minimum Gasteiger partial charge on any atom is -0.378 e. The molecule has 0 aliphatic carbocycles. The number of ether oxygens (including phenoxy) is 1. The molecular formula is C15H29N3OS. The smallest absolute Gasteiger partial charge is 0.185 e. The van der Waals surface area contributed by atoms with Gasteiger partial charge >= 0.3 is 0 Å². The van der Waals surface area contributed by atoms with Gasteiger partial charge in [-0.1, -0.05) is 20.8 Å². The molecule has 0 radical (unpaired) electrons. The monoisotopic (exact) mass is 299 g/mol. The van der Waals surface area contributed by atoms with Crippen LogP contribution in [0, 0.1) is 5.92 Å². The summed E-state index contributed by atoms with van der Waals surface area (Å²) >= 11 is 1.80. The molecule has 0 saturated heterocycles. The molecule has 1 N–H and O–H groups in total. The van der Waals surface area contributed by atoms with Crippen molar-refractivity contribution in [1.82, 2.24) is 10.3 Å². The summed E-state index contributed by atoms with van der Waals surface area (Å²) in [4.78, 5) is 8.41. The van der Waals surface area contributed by atoms with Crippen molar-refractivity contribution in [2.75, 3.05) is 31.6 Å². The Kier molecular flexibility index (Phi) is 8.11. The molecule has 0 aliphatic heterocycles. The van der Waals surface area contributed by atoms with E-state index in [-0.39, 0.29) is 0 Å². The number of hydrogen-bond acceptors (Lipinski definition) is 5. The Morgan fingerprint density at radius 2 is 2.10 bits per heavy atom. The molecule has 0 atom stereocenters. The molecule has 4 nitrogen and oxygen atoms in total. The third-order valence-electron chi connectivity index (χ3n) is 3.03. The van der Waals surface area contributed by atoms with Gasteiger partial charge in [0.2, 0.25) is 0 Å². The second kappa shape index (κ2) is 9.32. The fourth-order valence-electron chi connectivity index (χ4n) is 2.03. The Hall–Kier alpha value is -0.650. The van der Waals surface area contributed by atoms with E-state index in [1.165, 1.54) is 4.88 Å². The molecule has 0 unspecified atom stereocenters. The van der Waals surface area contributed by atoms with Crippen LogP contribution in [0.4, 0.5) is 5.13 Å². The number of methoxy groups -OCH3 is 1. The van der Waals surface area contributed by atoms with Crippen molar-refractivity contribution in [2.24, 2.45) is 5.92 Å². The van der Waals surface area contributed by atoms with E-state index in [1.54, 1.807) is 18.4 Å². The van der Waals surface area contributed by atoms with Gasteiger partial charge in [-0.2, -0.15) is 0 Å². The zero-order valence-corrected chi connectivity index (χ0v) is 14.3. The highest BCUT2D eigenvalue weighted by Gasteiger charge is 2.14. The summed E-state index contributed by atoms with van der Waals surface area (Å²) in [5.74, 6) is 0.667. The number of aromatic nitrogens is 1. The average Bonchev–Trinajstić information content (AvgIpc) is 2.79. The van der Waals surface area contributed by atoms with Crippen LogP contribution >= 0.6 is 11.3 Å². The second-order valence-corrected chi connectivity index (χ2v) is 6.47. The number of nitrogens with zero attached hydrogens (tertiary/aromatic N) is 2. The number of hydrogen-bond donors (Lipinski definition) is 1. The fraction of sp³-hybridized carbons (Fsp3) is 0.800. The number of thiazole rings is 1. The minimum absolute atomic E-state index is 0.596. The van der Waals surface area contributed by atoms with Crippen LogP contribution in [0.1, 0.15) is 44.7 Å². The summed E-state index contributed by atoms with van der Waals surface area (Å²) in [6, 6.07) is 0. The number of rotatable bonds is 10. The predicted octanol–water partition coefficient (Wildman–Crippen LogP) is 3.27. The molecule has 0 amide bonds. The van der Waals surface area contributed by atoms with Gasteiger partial charge < -0.3 is 15.0 Å². The highest BCUT2D eigenvalue weighted by Crippen LogP contribution is 2.27. The molecule has 0 saturated carbocycles. The van der Waals surface area contributed by atoms with E-state index in [0.717, 1.165) is 43.4 Å². The first-order valence-corrected chi connectivity index (χ1v) is 8.37. The summed E-state index contributed by atoms with van der Waals surface area (Å²) < 4.78 is 5.28. The van der Waals surface area contributed by atoms with Crippen LogP contribution in [-0.4, -0.2) is 31.7 Å². The van der Waals surface area contributed by atoms with E-state index < -0.39 is 0 Å². The van der Waals surface area contributed by atoms with E-state index in [4.69, 9.17) is 9.72 Å². The lowest BCUT2D eigenvalue weighted by Gasteiger charge is -2.18. The van der Waals surface area contributed by atoms with Crippen LogP contribution in [0.2, 0.25) is 0 Å². The number of anilines is 1. The molecule has 5 heteroatoms. The van der Waals surface area contributed by atoms with Crippen LogP contribution in [0.5, 0.6) is 0 Å². The summed E-state index contributed by atoms with van der Waals surface area (Å²) in [7, 11) is 1.73. The minimum atomic E-state index is 0.596. The lowest BCUT2D eigenvalue weighted by molar-refractivity contribution is 0.181. The molecular weight excluding hydrogens is 270 g/mol. The highest BCUT2D eigenvalue weighted by atomic mass is 32.1. The van der Waals surface area contributed by atoms with Gasteiger partial charge in [0.1, 0.15) is 0 Å². The lowest BCUT2D eigenvalue weighted by Crippen LogP contribution is -2.23. The first-order chi connectivity index (χ1) is 9.62. The highest BCUT2D eigenvalue weighted by molar-refractivity contribution is 7.15. The lowest BCUT2D eigenvalue weighted by atomic mass is 10.2. The van der Waals surface area contributed by atoms with Crippen LogP contribution in [0.15, 0.2) is 0 Å². The van der Waals surface area contributed by atoms with E-state index in [0.29, 0.717) is 12.5 Å². The van der Waals surface area contributed by atoms with Gasteiger partial charge in [0.05, 0.1) is 12.3 Å². The molecule has 116 valence electrons. The van der Waals surface area contributed by atoms with E-state index in [1.807, 2.05) is 0 Å². The first-order valence-electron chi connectivity index (χ1n) is 7.55. The first kappa shape index (κ1) is 17.4. The average molecular weight is 299 g/mol. The molecule has 1 aromatic rings. The standard InChI is InChI=1S/C15H29N3OS/c1-6-8-18(7-2)15-17-13(11-19-5)14(20-15)10-16-9-12(3)4/h12,16H,6-11H2,1-5H3. The summed E-state index contributed by atoms with van der Waals surface area (Å²) in [5.41, 5.74) is 1.08. The normalized spacial score (nSPS) is 11.3. The SMILES string of the molecule is CCCN(CC)c1nc(COC)c(CNCC(C)C)s1. The maximum absolute atomic E-state index is 5.28. The van der Waals surface area contributed by atoms with Crippen molar-refractivity contribution < 1.29 is 4.74 Å². The summed E-state index contributed by atoms with van der Waals surface area (Å²) in [6.07, 6.45) is 1.15. The van der Waals surface area contributed by atoms with Gasteiger partial charge in [0, 0.05) is 31.6 Å². The van der Waals surface area contributed by atoms with Gasteiger partial charge in [0.25, 0.3) is 0 Å². The van der Waals surface area contributed by atoms with Crippen molar-refractivity contribution in [3.8, 4) is 0 Å². The maximum atomic E-state index is 5.28. The molecule has 1 aromatic heterocycles. The molecule has 0 aliphatic rings. The van der Waals surface area contributed by atoms with Gasteiger partial charge in [-0.3, -0.25) is 0 Å². The molecule has 1 rings (SSSR count). The van der Waals surface area contributed by atoms with Crippen LogP contribution in [0.25, 0.3) is 0 Å². The Balaban J connectivity index is 2.77. The summed E-state index contributed by atoms with van der Waals surface area (Å²) in [5, 5.41) is 4.63. The quantitative estimate of drug-likeness (QED) is 0.719. The van der Waals surface area contributed by atoms with Crippen molar-refractivity contribution in [2.45, 2.75) is 47.3 Å².